The number of anilines is 1. The Labute approximate surface area is 155 Å². The Morgan fingerprint density at radius 2 is 1.69 bits per heavy atom. The number of amides is 2. The van der Waals surface area contributed by atoms with Crippen LogP contribution in [0.1, 0.15) is 49.0 Å². The average Bonchev–Trinajstić information content (AvgIpc) is 3.16. The summed E-state index contributed by atoms with van der Waals surface area (Å²) < 4.78 is 0. The Balaban J connectivity index is 1.66. The molecule has 1 fully saturated rings. The van der Waals surface area contributed by atoms with Crippen LogP contribution in [-0.4, -0.2) is 29.8 Å². The molecule has 136 valence electrons. The van der Waals surface area contributed by atoms with Gasteiger partial charge in [0.2, 0.25) is 5.91 Å². The van der Waals surface area contributed by atoms with Gasteiger partial charge >= 0.3 is 0 Å². The van der Waals surface area contributed by atoms with Crippen LogP contribution in [0, 0.1) is 0 Å². The molecule has 0 aliphatic carbocycles. The van der Waals surface area contributed by atoms with Gasteiger partial charge in [-0.05, 0) is 42.0 Å². The molecular formula is C22H26N2O2. The molecule has 1 heterocycles. The second kappa shape index (κ2) is 7.73. The van der Waals surface area contributed by atoms with E-state index in [2.05, 4.69) is 19.2 Å². The predicted molar refractivity (Wildman–Crippen MR) is 104 cm³/mol. The number of likely N-dealkylation sites (tertiary alicyclic amines) is 1. The van der Waals surface area contributed by atoms with Crippen molar-refractivity contribution in [1.82, 2.24) is 4.90 Å². The van der Waals surface area contributed by atoms with Crippen molar-refractivity contribution in [3.8, 4) is 0 Å². The van der Waals surface area contributed by atoms with Crippen LogP contribution in [0.25, 0.3) is 0 Å². The van der Waals surface area contributed by atoms with E-state index in [9.17, 15) is 9.59 Å². The molecule has 26 heavy (non-hydrogen) atoms. The van der Waals surface area contributed by atoms with Gasteiger partial charge < -0.3 is 10.2 Å². The molecule has 0 atom stereocenters. The van der Waals surface area contributed by atoms with Crippen LogP contribution in [0.5, 0.6) is 0 Å². The minimum atomic E-state index is -0.256. The van der Waals surface area contributed by atoms with Crippen molar-refractivity contribution in [3.05, 3.63) is 65.7 Å². The van der Waals surface area contributed by atoms with Gasteiger partial charge in [0.15, 0.2) is 0 Å². The van der Waals surface area contributed by atoms with Crippen molar-refractivity contribution < 1.29 is 9.59 Å². The summed E-state index contributed by atoms with van der Waals surface area (Å²) in [5.41, 5.74) is 2.18. The molecule has 1 aliphatic rings. The number of rotatable bonds is 5. The van der Waals surface area contributed by atoms with E-state index in [4.69, 9.17) is 0 Å². The fraction of sp³-hybridized carbons (Fsp3) is 0.364. The fourth-order valence-electron chi connectivity index (χ4n) is 3.43. The molecule has 0 radical (unpaired) electrons. The molecule has 0 aromatic heterocycles. The number of benzene rings is 2. The lowest BCUT2D eigenvalue weighted by molar-refractivity contribution is -0.117. The zero-order valence-corrected chi connectivity index (χ0v) is 15.5. The van der Waals surface area contributed by atoms with Gasteiger partial charge in [0.1, 0.15) is 0 Å². The Bertz CT molecular complexity index is 778. The van der Waals surface area contributed by atoms with Crippen LogP contribution in [0.2, 0.25) is 0 Å². The SMILES string of the molecule is CC(C)(CC(=O)Nc1cccc(C(=O)N2CCCC2)c1)c1ccccc1. The van der Waals surface area contributed by atoms with Gasteiger partial charge in [0, 0.05) is 30.8 Å². The van der Waals surface area contributed by atoms with Gasteiger partial charge in [-0.1, -0.05) is 50.2 Å². The summed E-state index contributed by atoms with van der Waals surface area (Å²) in [7, 11) is 0. The lowest BCUT2D eigenvalue weighted by Gasteiger charge is -2.24. The molecular weight excluding hydrogens is 324 g/mol. The first kappa shape index (κ1) is 18.2. The van der Waals surface area contributed by atoms with Crippen LogP contribution >= 0.6 is 0 Å². The first-order valence-corrected chi connectivity index (χ1v) is 9.20. The van der Waals surface area contributed by atoms with Crippen molar-refractivity contribution in [2.24, 2.45) is 0 Å². The highest BCUT2D eigenvalue weighted by Crippen LogP contribution is 2.27. The maximum absolute atomic E-state index is 12.5. The maximum Gasteiger partial charge on any atom is 0.253 e. The van der Waals surface area contributed by atoms with Gasteiger partial charge in [-0.15, -0.1) is 0 Å². The molecule has 0 saturated carbocycles. The summed E-state index contributed by atoms with van der Waals surface area (Å²) >= 11 is 0. The highest BCUT2D eigenvalue weighted by Gasteiger charge is 2.24. The van der Waals surface area contributed by atoms with E-state index in [1.54, 1.807) is 6.07 Å². The van der Waals surface area contributed by atoms with Crippen LogP contribution < -0.4 is 5.32 Å². The molecule has 4 heteroatoms. The largest absolute Gasteiger partial charge is 0.339 e. The van der Waals surface area contributed by atoms with E-state index >= 15 is 0 Å². The number of hydrogen-bond donors (Lipinski definition) is 1. The predicted octanol–water partition coefficient (Wildman–Crippen LogP) is 4.23. The molecule has 2 aromatic carbocycles. The van der Waals surface area contributed by atoms with Gasteiger partial charge in [-0.2, -0.15) is 0 Å². The number of nitrogens with zero attached hydrogens (tertiary/aromatic N) is 1. The summed E-state index contributed by atoms with van der Waals surface area (Å²) in [5, 5.41) is 2.94. The molecule has 1 saturated heterocycles. The third-order valence-electron chi connectivity index (χ3n) is 4.94. The average molecular weight is 350 g/mol. The van der Waals surface area contributed by atoms with Gasteiger partial charge in [-0.25, -0.2) is 0 Å². The quantitative estimate of drug-likeness (QED) is 0.877. The number of carbonyl (C=O) groups is 2. The van der Waals surface area contributed by atoms with Crippen LogP contribution in [0.4, 0.5) is 5.69 Å². The normalized spacial score (nSPS) is 14.3. The van der Waals surface area contributed by atoms with Gasteiger partial charge in [-0.3, -0.25) is 9.59 Å². The van der Waals surface area contributed by atoms with Gasteiger partial charge in [0.25, 0.3) is 5.91 Å². The molecule has 0 spiro atoms. The number of hydrogen-bond acceptors (Lipinski definition) is 2. The van der Waals surface area contributed by atoms with E-state index in [-0.39, 0.29) is 17.2 Å². The first-order valence-electron chi connectivity index (χ1n) is 9.20. The zero-order chi connectivity index (χ0) is 18.6. The molecule has 1 aliphatic heterocycles. The van der Waals surface area contributed by atoms with E-state index in [1.165, 1.54) is 0 Å². The van der Waals surface area contributed by atoms with Crippen LogP contribution in [0.15, 0.2) is 54.6 Å². The van der Waals surface area contributed by atoms with Crippen molar-refractivity contribution in [1.29, 1.82) is 0 Å². The third-order valence-corrected chi connectivity index (χ3v) is 4.94. The Morgan fingerprint density at radius 1 is 1.00 bits per heavy atom. The lowest BCUT2D eigenvalue weighted by atomic mass is 9.81. The summed E-state index contributed by atoms with van der Waals surface area (Å²) in [6.45, 7) is 5.77. The molecule has 0 bridgehead atoms. The Hall–Kier alpha value is -2.62. The first-order chi connectivity index (χ1) is 12.5. The molecule has 2 aromatic rings. The summed E-state index contributed by atoms with van der Waals surface area (Å²) in [6, 6.07) is 17.3. The smallest absolute Gasteiger partial charge is 0.253 e. The fourth-order valence-corrected chi connectivity index (χ4v) is 3.43. The van der Waals surface area contributed by atoms with E-state index in [0.29, 0.717) is 17.7 Å². The van der Waals surface area contributed by atoms with E-state index < -0.39 is 0 Å². The molecule has 3 rings (SSSR count). The molecule has 1 N–H and O–H groups in total. The highest BCUT2D eigenvalue weighted by molar-refractivity contribution is 5.97. The van der Waals surface area contributed by atoms with Crippen LogP contribution in [-0.2, 0) is 10.2 Å². The van der Waals surface area contributed by atoms with E-state index in [1.807, 2.05) is 53.4 Å². The molecule has 0 unspecified atom stereocenters. The summed E-state index contributed by atoms with van der Waals surface area (Å²) in [4.78, 5) is 26.9. The minimum Gasteiger partial charge on any atom is -0.339 e. The van der Waals surface area contributed by atoms with Crippen molar-refractivity contribution in [2.45, 2.75) is 38.5 Å². The topological polar surface area (TPSA) is 49.4 Å². The van der Waals surface area contributed by atoms with Crippen molar-refractivity contribution in [2.75, 3.05) is 18.4 Å². The lowest BCUT2D eigenvalue weighted by Crippen LogP contribution is -2.28. The standard InChI is InChI=1S/C22H26N2O2/c1-22(2,18-10-4-3-5-11-18)16-20(25)23-19-12-8-9-17(15-19)21(26)24-13-6-7-14-24/h3-5,8-12,15H,6-7,13-14,16H2,1-2H3,(H,23,25). The maximum atomic E-state index is 12.5. The van der Waals surface area contributed by atoms with Crippen LogP contribution in [0.3, 0.4) is 0 Å². The highest BCUT2D eigenvalue weighted by atomic mass is 16.2. The van der Waals surface area contributed by atoms with E-state index in [0.717, 1.165) is 31.5 Å². The summed E-state index contributed by atoms with van der Waals surface area (Å²) in [5.74, 6) is -0.00663. The second-order valence-electron chi connectivity index (χ2n) is 7.55. The summed E-state index contributed by atoms with van der Waals surface area (Å²) in [6.07, 6.45) is 2.51. The Kier molecular flexibility index (Phi) is 5.40. The zero-order valence-electron chi connectivity index (χ0n) is 15.5. The number of carbonyl (C=O) groups excluding carboxylic acids is 2. The second-order valence-corrected chi connectivity index (χ2v) is 7.55. The van der Waals surface area contributed by atoms with Gasteiger partial charge in [0.05, 0.1) is 0 Å². The molecule has 2 amide bonds. The van der Waals surface area contributed by atoms with Crippen molar-refractivity contribution in [3.63, 3.8) is 0 Å². The van der Waals surface area contributed by atoms with Crippen molar-refractivity contribution >= 4 is 17.5 Å². The number of nitrogens with one attached hydrogen (secondary N) is 1. The minimum absolute atomic E-state index is 0.0446. The Morgan fingerprint density at radius 3 is 2.38 bits per heavy atom. The monoisotopic (exact) mass is 350 g/mol. The third kappa shape index (κ3) is 4.31. The molecule has 4 nitrogen and oxygen atoms in total.